The van der Waals surface area contributed by atoms with E-state index in [1.807, 2.05) is 0 Å². The van der Waals surface area contributed by atoms with Crippen molar-refractivity contribution in [2.75, 3.05) is 0 Å². The first-order chi connectivity index (χ1) is 7.32. The summed E-state index contributed by atoms with van der Waals surface area (Å²) in [4.78, 5) is 12.1. The molecule has 2 aliphatic carbocycles. The van der Waals surface area contributed by atoms with Crippen LogP contribution in [0.5, 0.6) is 0 Å². The zero-order valence-corrected chi connectivity index (χ0v) is 10.5. The Balaban J connectivity index is 1.98. The van der Waals surface area contributed by atoms with E-state index in [0.717, 1.165) is 12.8 Å². The van der Waals surface area contributed by atoms with E-state index in [1.54, 1.807) is 0 Å². The molecule has 0 radical (unpaired) electrons. The molecule has 1 amide bonds. The van der Waals surface area contributed by atoms with E-state index in [0.29, 0.717) is 5.92 Å². The monoisotopic (exact) mass is 220 g/mol. The Hall–Kier alpha value is -1.04. The Labute approximate surface area is 97.2 Å². The largest absolute Gasteiger partial charge is 0.340 e. The van der Waals surface area contributed by atoms with Crippen molar-refractivity contribution in [1.29, 1.82) is 5.26 Å². The fourth-order valence-electron chi connectivity index (χ4n) is 2.77. The summed E-state index contributed by atoms with van der Waals surface area (Å²) in [5.41, 5.74) is 0.112. The van der Waals surface area contributed by atoms with Crippen LogP contribution in [-0.4, -0.2) is 11.9 Å². The molecular weight excluding hydrogens is 200 g/mol. The van der Waals surface area contributed by atoms with E-state index in [2.05, 4.69) is 39.1 Å². The Kier molecular flexibility index (Phi) is 2.31. The molecule has 0 bridgehead atoms. The molecule has 0 heterocycles. The first-order valence-corrected chi connectivity index (χ1v) is 6.02. The fourth-order valence-corrected chi connectivity index (χ4v) is 2.77. The number of carbonyl (C=O) groups excluding carboxylic acids is 1. The highest BCUT2D eigenvalue weighted by atomic mass is 16.2. The van der Waals surface area contributed by atoms with Gasteiger partial charge < -0.3 is 5.32 Å². The lowest BCUT2D eigenvalue weighted by Gasteiger charge is -2.11. The molecule has 16 heavy (non-hydrogen) atoms. The standard InChI is InChI=1S/C13H20N2O/c1-12(2)10(13(12,3)4)11(16)15-9(7-14)8-5-6-8/h8-10H,5-6H2,1-4H3,(H,15,16). The van der Waals surface area contributed by atoms with Gasteiger partial charge in [0.05, 0.1) is 6.07 Å². The molecule has 2 aliphatic rings. The summed E-state index contributed by atoms with van der Waals surface area (Å²) >= 11 is 0. The van der Waals surface area contributed by atoms with Crippen molar-refractivity contribution in [3.05, 3.63) is 0 Å². The highest BCUT2D eigenvalue weighted by Crippen LogP contribution is 2.68. The van der Waals surface area contributed by atoms with Crippen LogP contribution in [0.25, 0.3) is 0 Å². The second-order valence-electron chi connectivity index (χ2n) is 6.33. The molecule has 1 atom stereocenters. The van der Waals surface area contributed by atoms with E-state index < -0.39 is 0 Å². The molecule has 2 saturated carbocycles. The number of amides is 1. The lowest BCUT2D eigenvalue weighted by atomic mass is 10.0. The van der Waals surface area contributed by atoms with Gasteiger partial charge in [0.1, 0.15) is 6.04 Å². The zero-order chi connectivity index (χ0) is 12.1. The molecular formula is C13H20N2O. The average Bonchev–Trinajstić information content (AvgIpc) is 3.01. The van der Waals surface area contributed by atoms with Crippen molar-refractivity contribution in [3.63, 3.8) is 0 Å². The van der Waals surface area contributed by atoms with Gasteiger partial charge in [0, 0.05) is 5.92 Å². The summed E-state index contributed by atoms with van der Waals surface area (Å²) < 4.78 is 0. The van der Waals surface area contributed by atoms with Crippen LogP contribution in [0.15, 0.2) is 0 Å². The Bertz CT molecular complexity index is 347. The average molecular weight is 220 g/mol. The first-order valence-electron chi connectivity index (χ1n) is 6.02. The van der Waals surface area contributed by atoms with Gasteiger partial charge in [0.2, 0.25) is 5.91 Å². The molecule has 0 aromatic carbocycles. The molecule has 1 unspecified atom stereocenters. The van der Waals surface area contributed by atoms with Gasteiger partial charge in [0.25, 0.3) is 0 Å². The molecule has 0 aromatic rings. The van der Waals surface area contributed by atoms with Crippen LogP contribution in [0.1, 0.15) is 40.5 Å². The van der Waals surface area contributed by atoms with Gasteiger partial charge in [-0.25, -0.2) is 0 Å². The van der Waals surface area contributed by atoms with E-state index >= 15 is 0 Å². The predicted molar refractivity (Wildman–Crippen MR) is 61.3 cm³/mol. The Morgan fingerprint density at radius 3 is 2.12 bits per heavy atom. The number of hydrogen-bond acceptors (Lipinski definition) is 2. The molecule has 0 spiro atoms. The summed E-state index contributed by atoms with van der Waals surface area (Å²) in [5.74, 6) is 0.516. The second-order valence-corrected chi connectivity index (χ2v) is 6.33. The molecule has 2 fully saturated rings. The quantitative estimate of drug-likeness (QED) is 0.791. The summed E-state index contributed by atoms with van der Waals surface area (Å²) in [6.45, 7) is 8.48. The van der Waals surface area contributed by atoms with Crippen LogP contribution in [0.3, 0.4) is 0 Å². The maximum absolute atomic E-state index is 12.1. The number of carbonyl (C=O) groups is 1. The predicted octanol–water partition coefficient (Wildman–Crippen LogP) is 2.09. The molecule has 88 valence electrons. The molecule has 0 aliphatic heterocycles. The number of nitrogens with one attached hydrogen (secondary N) is 1. The second kappa shape index (κ2) is 3.23. The van der Waals surface area contributed by atoms with Crippen molar-refractivity contribution in [1.82, 2.24) is 5.32 Å². The Morgan fingerprint density at radius 1 is 1.31 bits per heavy atom. The normalized spacial score (nSPS) is 27.9. The third kappa shape index (κ3) is 1.52. The highest BCUT2D eigenvalue weighted by molar-refractivity contribution is 5.84. The molecule has 3 heteroatoms. The number of rotatable bonds is 3. The third-order valence-corrected chi connectivity index (χ3v) is 4.81. The summed E-state index contributed by atoms with van der Waals surface area (Å²) in [7, 11) is 0. The van der Waals surface area contributed by atoms with Gasteiger partial charge in [-0.1, -0.05) is 27.7 Å². The minimum atomic E-state index is -0.264. The van der Waals surface area contributed by atoms with E-state index in [-0.39, 0.29) is 28.7 Å². The first kappa shape index (κ1) is 11.4. The fraction of sp³-hybridized carbons (Fsp3) is 0.846. The molecule has 0 aromatic heterocycles. The van der Waals surface area contributed by atoms with Crippen LogP contribution in [0.4, 0.5) is 0 Å². The van der Waals surface area contributed by atoms with Gasteiger partial charge in [-0.05, 0) is 29.6 Å². The smallest absolute Gasteiger partial charge is 0.225 e. The van der Waals surface area contributed by atoms with Gasteiger partial charge in [-0.3, -0.25) is 4.79 Å². The third-order valence-electron chi connectivity index (χ3n) is 4.81. The van der Waals surface area contributed by atoms with E-state index in [1.165, 1.54) is 0 Å². The maximum Gasteiger partial charge on any atom is 0.225 e. The minimum absolute atomic E-state index is 0.0506. The summed E-state index contributed by atoms with van der Waals surface area (Å²) in [6, 6.07) is 1.94. The van der Waals surface area contributed by atoms with Gasteiger partial charge >= 0.3 is 0 Å². The number of hydrogen-bond donors (Lipinski definition) is 1. The van der Waals surface area contributed by atoms with Crippen molar-refractivity contribution < 1.29 is 4.79 Å². The van der Waals surface area contributed by atoms with Crippen LogP contribution < -0.4 is 5.32 Å². The van der Waals surface area contributed by atoms with E-state index in [4.69, 9.17) is 5.26 Å². The van der Waals surface area contributed by atoms with Gasteiger partial charge in [-0.2, -0.15) is 5.26 Å². The highest BCUT2D eigenvalue weighted by Gasteiger charge is 2.68. The summed E-state index contributed by atoms with van der Waals surface area (Å²) in [5, 5.41) is 11.9. The Morgan fingerprint density at radius 2 is 1.81 bits per heavy atom. The minimum Gasteiger partial charge on any atom is -0.340 e. The van der Waals surface area contributed by atoms with Crippen LogP contribution in [0.2, 0.25) is 0 Å². The lowest BCUT2D eigenvalue weighted by molar-refractivity contribution is -0.124. The van der Waals surface area contributed by atoms with E-state index in [9.17, 15) is 4.79 Å². The molecule has 3 nitrogen and oxygen atoms in total. The number of nitrogens with zero attached hydrogens (tertiary/aromatic N) is 1. The van der Waals surface area contributed by atoms with Crippen molar-refractivity contribution in [2.45, 2.75) is 46.6 Å². The van der Waals surface area contributed by atoms with Crippen LogP contribution >= 0.6 is 0 Å². The SMILES string of the molecule is CC1(C)C(C(=O)NC(C#N)C2CC2)C1(C)C. The molecule has 1 N–H and O–H groups in total. The van der Waals surface area contributed by atoms with Crippen molar-refractivity contribution in [2.24, 2.45) is 22.7 Å². The van der Waals surface area contributed by atoms with Gasteiger partial charge in [0.15, 0.2) is 0 Å². The number of nitriles is 1. The molecule has 0 saturated heterocycles. The van der Waals surface area contributed by atoms with Gasteiger partial charge in [-0.15, -0.1) is 0 Å². The maximum atomic E-state index is 12.1. The topological polar surface area (TPSA) is 52.9 Å². The van der Waals surface area contributed by atoms with Crippen molar-refractivity contribution >= 4 is 5.91 Å². The van der Waals surface area contributed by atoms with Crippen LogP contribution in [-0.2, 0) is 4.79 Å². The van der Waals surface area contributed by atoms with Crippen molar-refractivity contribution in [3.8, 4) is 6.07 Å². The summed E-state index contributed by atoms with van der Waals surface area (Å²) in [6.07, 6.45) is 2.16. The zero-order valence-electron chi connectivity index (χ0n) is 10.5. The van der Waals surface area contributed by atoms with Crippen LogP contribution in [0, 0.1) is 34.0 Å². The molecule has 2 rings (SSSR count). The lowest BCUT2D eigenvalue weighted by Crippen LogP contribution is -2.37.